The topological polar surface area (TPSA) is 9.23 Å². The highest BCUT2D eigenvalue weighted by atomic mass is 19.4. The molecule has 20 heavy (non-hydrogen) atoms. The van der Waals surface area contributed by atoms with Crippen LogP contribution in [0.4, 0.5) is 12.9 Å². The molecule has 2 rings (SSSR count). The molecule has 0 radical (unpaired) electrons. The molecule has 0 N–H and O–H groups in total. The first-order valence-corrected chi connectivity index (χ1v) is 7.39. The van der Waals surface area contributed by atoms with Gasteiger partial charge >= 0.3 is 6.98 Å². The molecule has 1 aromatic carbocycles. The number of halogens is 3. The molecule has 1 fully saturated rings. The molecular weight excluding hydrogens is 264 g/mol. The lowest BCUT2D eigenvalue weighted by Gasteiger charge is -2.31. The van der Waals surface area contributed by atoms with E-state index in [9.17, 15) is 12.9 Å². The predicted molar refractivity (Wildman–Crippen MR) is 76.6 cm³/mol. The van der Waals surface area contributed by atoms with Crippen molar-refractivity contribution in [1.29, 1.82) is 0 Å². The highest BCUT2D eigenvalue weighted by Crippen LogP contribution is 2.30. The van der Waals surface area contributed by atoms with Gasteiger partial charge in [-0.05, 0) is 50.7 Å². The lowest BCUT2D eigenvalue weighted by molar-refractivity contribution is 0.0903. The summed E-state index contributed by atoms with van der Waals surface area (Å²) in [6.45, 7) is -1.30. The van der Waals surface area contributed by atoms with Crippen molar-refractivity contribution in [2.75, 3.05) is 0 Å². The number of hydrogen-bond acceptors (Lipinski definition) is 1. The summed E-state index contributed by atoms with van der Waals surface area (Å²) in [6, 6.07) is 4.12. The van der Waals surface area contributed by atoms with Crippen molar-refractivity contribution < 1.29 is 17.7 Å². The maximum atomic E-state index is 12.8. The molecule has 0 heterocycles. The number of benzene rings is 1. The van der Waals surface area contributed by atoms with Gasteiger partial charge in [0.1, 0.15) is 11.9 Å². The minimum atomic E-state index is -4.94. The number of ether oxygens (including phenoxy) is 1. The number of hydrogen-bond donors (Lipinski definition) is 0. The van der Waals surface area contributed by atoms with Gasteiger partial charge in [-0.2, -0.15) is 0 Å². The van der Waals surface area contributed by atoms with Crippen LogP contribution in [0.3, 0.4) is 0 Å². The van der Waals surface area contributed by atoms with Crippen LogP contribution >= 0.6 is 0 Å². The normalized spacial score (nSPS) is 23.6. The van der Waals surface area contributed by atoms with E-state index in [-0.39, 0.29) is 11.7 Å². The monoisotopic (exact) mass is 285 g/mol. The molecule has 112 valence electrons. The zero-order valence-corrected chi connectivity index (χ0v) is 12.0. The summed E-state index contributed by atoms with van der Waals surface area (Å²) in [7, 11) is 0. The van der Waals surface area contributed by atoms with Gasteiger partial charge in [-0.25, -0.2) is 0 Å². The third-order valence-electron chi connectivity index (χ3n) is 4.25. The average molecular weight is 285 g/mol. The van der Waals surface area contributed by atoms with E-state index in [4.69, 9.17) is 4.74 Å². The Labute approximate surface area is 118 Å². The highest BCUT2D eigenvalue weighted by molar-refractivity contribution is 6.74. The van der Waals surface area contributed by atoms with E-state index in [1.54, 1.807) is 0 Å². The van der Waals surface area contributed by atoms with Crippen LogP contribution in [0, 0.1) is 12.8 Å². The molecule has 2 atom stereocenters. The van der Waals surface area contributed by atoms with Gasteiger partial charge in [-0.1, -0.05) is 25.0 Å². The molecule has 1 aromatic rings. The fourth-order valence-corrected chi connectivity index (χ4v) is 3.06. The molecular formula is C15H21BF3O-. The highest BCUT2D eigenvalue weighted by Gasteiger charge is 2.28. The van der Waals surface area contributed by atoms with Gasteiger partial charge in [0, 0.05) is 0 Å². The summed E-state index contributed by atoms with van der Waals surface area (Å²) in [4.78, 5) is 0. The van der Waals surface area contributed by atoms with Crippen LogP contribution in [0.1, 0.15) is 44.6 Å². The van der Waals surface area contributed by atoms with Gasteiger partial charge in [0.05, 0.1) is 0 Å². The van der Waals surface area contributed by atoms with Crippen molar-refractivity contribution in [3.05, 3.63) is 23.8 Å². The van der Waals surface area contributed by atoms with Crippen LogP contribution in [0.5, 0.6) is 5.75 Å². The first-order chi connectivity index (χ1) is 9.41. The molecule has 0 bridgehead atoms. The minimum Gasteiger partial charge on any atom is -0.490 e. The minimum absolute atomic E-state index is 0.149. The molecule has 0 spiro atoms. The van der Waals surface area contributed by atoms with Crippen LogP contribution in [0.2, 0.25) is 0 Å². The second kappa shape index (κ2) is 6.11. The molecule has 2 unspecified atom stereocenters. The largest absolute Gasteiger partial charge is 0.509 e. The summed E-state index contributed by atoms with van der Waals surface area (Å²) in [6.07, 6.45) is 5.74. The van der Waals surface area contributed by atoms with E-state index in [2.05, 4.69) is 6.92 Å². The second-order valence-electron chi connectivity index (χ2n) is 5.70. The molecule has 1 aliphatic rings. The fraction of sp³-hybridized carbons (Fsp3) is 0.600. The first-order valence-electron chi connectivity index (χ1n) is 7.39. The number of aryl methyl sites for hydroxylation is 1. The van der Waals surface area contributed by atoms with Gasteiger partial charge < -0.3 is 17.7 Å². The van der Waals surface area contributed by atoms with Gasteiger partial charge in [0.25, 0.3) is 0 Å². The van der Waals surface area contributed by atoms with Crippen molar-refractivity contribution in [3.8, 4) is 5.75 Å². The van der Waals surface area contributed by atoms with E-state index < -0.39 is 12.4 Å². The quantitative estimate of drug-likeness (QED) is 0.745. The van der Waals surface area contributed by atoms with Crippen molar-refractivity contribution >= 4 is 12.4 Å². The summed E-state index contributed by atoms with van der Waals surface area (Å²) in [5.74, 6) is 1.09. The summed E-state index contributed by atoms with van der Waals surface area (Å²) >= 11 is 0. The van der Waals surface area contributed by atoms with E-state index in [1.807, 2.05) is 0 Å². The van der Waals surface area contributed by atoms with Crippen molar-refractivity contribution in [2.24, 2.45) is 5.92 Å². The molecule has 0 amide bonds. The molecule has 5 heteroatoms. The van der Waals surface area contributed by atoms with Crippen molar-refractivity contribution in [2.45, 2.75) is 52.1 Å². The van der Waals surface area contributed by atoms with Crippen LogP contribution in [0.15, 0.2) is 18.2 Å². The Morgan fingerprint density at radius 2 is 1.90 bits per heavy atom. The molecule has 0 saturated heterocycles. The zero-order valence-electron chi connectivity index (χ0n) is 12.0. The van der Waals surface area contributed by atoms with Crippen molar-refractivity contribution in [3.63, 3.8) is 0 Å². The fourth-order valence-electron chi connectivity index (χ4n) is 3.06. The lowest BCUT2D eigenvalue weighted by atomic mass is 9.77. The first kappa shape index (κ1) is 15.3. The molecule has 1 nitrogen and oxygen atoms in total. The summed E-state index contributed by atoms with van der Waals surface area (Å²) in [5.41, 5.74) is -0.271. The Hall–Kier alpha value is -1.13. The Morgan fingerprint density at radius 1 is 1.20 bits per heavy atom. The summed E-state index contributed by atoms with van der Waals surface area (Å²) in [5, 5.41) is 0. The SMILES string of the molecule is CCC1CCCCC1Oc1ccc([B-](F)(F)F)c(C)c1. The third-order valence-corrected chi connectivity index (χ3v) is 4.25. The maximum Gasteiger partial charge on any atom is 0.509 e. The molecule has 0 aromatic heterocycles. The average Bonchev–Trinajstić information content (AvgIpc) is 2.38. The lowest BCUT2D eigenvalue weighted by Crippen LogP contribution is -2.36. The Balaban J connectivity index is 2.12. The Kier molecular flexibility index (Phi) is 4.66. The molecule has 1 aliphatic carbocycles. The van der Waals surface area contributed by atoms with Crippen LogP contribution in [-0.4, -0.2) is 13.1 Å². The second-order valence-corrected chi connectivity index (χ2v) is 5.70. The standard InChI is InChI=1S/C15H21BF3O/c1-3-12-6-4-5-7-15(12)20-13-8-9-14(11(2)10-13)16(17,18)19/h8-10,12,15H,3-7H2,1-2H3/q-1. The van der Waals surface area contributed by atoms with Gasteiger partial charge in [-0.3, -0.25) is 0 Å². The van der Waals surface area contributed by atoms with Gasteiger partial charge in [0.15, 0.2) is 0 Å². The van der Waals surface area contributed by atoms with Crippen molar-refractivity contribution in [1.82, 2.24) is 0 Å². The molecule has 1 saturated carbocycles. The van der Waals surface area contributed by atoms with Crippen LogP contribution in [0.25, 0.3) is 0 Å². The van der Waals surface area contributed by atoms with Crippen LogP contribution in [-0.2, 0) is 0 Å². The zero-order chi connectivity index (χ0) is 14.8. The van der Waals surface area contributed by atoms with E-state index in [0.717, 1.165) is 31.7 Å². The molecule has 0 aliphatic heterocycles. The van der Waals surface area contributed by atoms with E-state index in [0.29, 0.717) is 11.7 Å². The summed E-state index contributed by atoms with van der Waals surface area (Å²) < 4.78 is 44.3. The smallest absolute Gasteiger partial charge is 0.490 e. The van der Waals surface area contributed by atoms with Gasteiger partial charge in [0.2, 0.25) is 0 Å². The third kappa shape index (κ3) is 3.50. The maximum absolute atomic E-state index is 12.8. The number of rotatable bonds is 4. The van der Waals surface area contributed by atoms with Gasteiger partial charge in [-0.15, -0.1) is 5.46 Å². The van der Waals surface area contributed by atoms with E-state index in [1.165, 1.54) is 25.5 Å². The predicted octanol–water partition coefficient (Wildman–Crippen LogP) is 4.40. The van der Waals surface area contributed by atoms with Crippen LogP contribution < -0.4 is 10.2 Å². The Bertz CT molecular complexity index is 459. The Morgan fingerprint density at radius 3 is 2.50 bits per heavy atom. The van der Waals surface area contributed by atoms with E-state index >= 15 is 0 Å².